The molecule has 5 nitrogen and oxygen atoms in total. The molecular weight excluding hydrogens is 310 g/mol. The van der Waals surface area contributed by atoms with Crippen molar-refractivity contribution in [1.29, 1.82) is 0 Å². The SMILES string of the molecule is CCN(CC)Cc1ccc(CNC(=O)CN2CCSC2=O)cc1. The molecule has 6 heteroatoms. The Morgan fingerprint density at radius 3 is 2.43 bits per heavy atom. The summed E-state index contributed by atoms with van der Waals surface area (Å²) in [5.41, 5.74) is 2.35. The number of amides is 2. The summed E-state index contributed by atoms with van der Waals surface area (Å²) in [5.74, 6) is 0.674. The third-order valence-electron chi connectivity index (χ3n) is 3.99. The van der Waals surface area contributed by atoms with E-state index in [-0.39, 0.29) is 17.7 Å². The minimum absolute atomic E-state index is 0.000838. The molecule has 1 saturated heterocycles. The molecule has 0 atom stereocenters. The summed E-state index contributed by atoms with van der Waals surface area (Å²) in [4.78, 5) is 27.3. The van der Waals surface area contributed by atoms with Crippen LogP contribution in [0.5, 0.6) is 0 Å². The summed E-state index contributed by atoms with van der Waals surface area (Å²) >= 11 is 1.27. The van der Waals surface area contributed by atoms with E-state index in [1.807, 2.05) is 0 Å². The van der Waals surface area contributed by atoms with Crippen LogP contribution in [0, 0.1) is 0 Å². The molecule has 1 fully saturated rings. The summed E-state index contributed by atoms with van der Waals surface area (Å²) in [6.07, 6.45) is 0. The average molecular weight is 335 g/mol. The smallest absolute Gasteiger partial charge is 0.282 e. The van der Waals surface area contributed by atoms with Crippen LogP contribution in [0.3, 0.4) is 0 Å². The summed E-state index contributed by atoms with van der Waals surface area (Å²) in [5, 5.41) is 2.88. The van der Waals surface area contributed by atoms with E-state index in [1.54, 1.807) is 4.90 Å². The van der Waals surface area contributed by atoms with Gasteiger partial charge in [0.05, 0.1) is 0 Å². The predicted molar refractivity (Wildman–Crippen MR) is 94.3 cm³/mol. The van der Waals surface area contributed by atoms with Gasteiger partial charge in [-0.15, -0.1) is 0 Å². The fraction of sp³-hybridized carbons (Fsp3) is 0.529. The number of carbonyl (C=O) groups excluding carboxylic acids is 2. The molecule has 1 aromatic carbocycles. The third-order valence-corrected chi connectivity index (χ3v) is 4.88. The third kappa shape index (κ3) is 5.55. The zero-order valence-electron chi connectivity index (χ0n) is 13.9. The monoisotopic (exact) mass is 335 g/mol. The molecule has 1 aliphatic rings. The maximum absolute atomic E-state index is 11.9. The number of thioether (sulfide) groups is 1. The van der Waals surface area contributed by atoms with Crippen LogP contribution in [-0.2, 0) is 17.9 Å². The standard InChI is InChI=1S/C17H25N3O2S/c1-3-19(4-2)12-15-7-5-14(6-8-15)11-18-16(21)13-20-9-10-23-17(20)22/h5-8H,3-4,9-13H2,1-2H3,(H,18,21). The summed E-state index contributed by atoms with van der Waals surface area (Å²) in [6.45, 7) is 8.69. The molecule has 1 N–H and O–H groups in total. The Kier molecular flexibility index (Phi) is 6.92. The molecule has 126 valence electrons. The van der Waals surface area contributed by atoms with E-state index < -0.39 is 0 Å². The van der Waals surface area contributed by atoms with Crippen LogP contribution in [0.2, 0.25) is 0 Å². The molecule has 0 radical (unpaired) electrons. The van der Waals surface area contributed by atoms with E-state index in [1.165, 1.54) is 17.3 Å². The number of nitrogens with one attached hydrogen (secondary N) is 1. The number of hydrogen-bond donors (Lipinski definition) is 1. The van der Waals surface area contributed by atoms with E-state index in [2.05, 4.69) is 48.3 Å². The fourth-order valence-electron chi connectivity index (χ4n) is 2.47. The van der Waals surface area contributed by atoms with Gasteiger partial charge in [-0.3, -0.25) is 14.5 Å². The van der Waals surface area contributed by atoms with E-state index in [0.717, 1.165) is 31.0 Å². The first-order valence-corrected chi connectivity index (χ1v) is 9.09. The molecule has 23 heavy (non-hydrogen) atoms. The Morgan fingerprint density at radius 1 is 1.22 bits per heavy atom. The topological polar surface area (TPSA) is 52.7 Å². The summed E-state index contributed by atoms with van der Waals surface area (Å²) < 4.78 is 0. The second-order valence-corrected chi connectivity index (χ2v) is 6.64. The molecule has 0 aromatic heterocycles. The minimum Gasteiger partial charge on any atom is -0.350 e. The molecule has 0 saturated carbocycles. The van der Waals surface area contributed by atoms with Crippen molar-refractivity contribution in [3.05, 3.63) is 35.4 Å². The van der Waals surface area contributed by atoms with Crippen molar-refractivity contribution >= 4 is 22.9 Å². The molecule has 0 unspecified atom stereocenters. The summed E-state index contributed by atoms with van der Waals surface area (Å²) in [6, 6.07) is 8.33. The van der Waals surface area contributed by atoms with E-state index in [4.69, 9.17) is 0 Å². The van der Waals surface area contributed by atoms with Crippen LogP contribution in [0.15, 0.2) is 24.3 Å². The number of benzene rings is 1. The molecule has 0 bridgehead atoms. The van der Waals surface area contributed by atoms with Crippen LogP contribution in [-0.4, -0.2) is 52.9 Å². The van der Waals surface area contributed by atoms with E-state index in [0.29, 0.717) is 13.1 Å². The minimum atomic E-state index is -0.104. The van der Waals surface area contributed by atoms with Crippen LogP contribution in [0.25, 0.3) is 0 Å². The summed E-state index contributed by atoms with van der Waals surface area (Å²) in [7, 11) is 0. The van der Waals surface area contributed by atoms with Gasteiger partial charge in [-0.2, -0.15) is 0 Å². The molecule has 1 heterocycles. The van der Waals surface area contributed by atoms with Gasteiger partial charge in [0.2, 0.25) is 5.91 Å². The van der Waals surface area contributed by atoms with Crippen LogP contribution in [0.4, 0.5) is 4.79 Å². The Bertz CT molecular complexity index is 529. The highest BCUT2D eigenvalue weighted by atomic mass is 32.2. The van der Waals surface area contributed by atoms with Crippen molar-refractivity contribution in [2.75, 3.05) is 31.9 Å². The largest absolute Gasteiger partial charge is 0.350 e. The first-order chi connectivity index (χ1) is 11.1. The van der Waals surface area contributed by atoms with Gasteiger partial charge >= 0.3 is 0 Å². The first kappa shape index (κ1) is 17.8. The fourth-order valence-corrected chi connectivity index (χ4v) is 3.29. The van der Waals surface area contributed by atoms with Gasteiger partial charge in [-0.05, 0) is 24.2 Å². The predicted octanol–water partition coefficient (Wildman–Crippen LogP) is 2.31. The van der Waals surface area contributed by atoms with Crippen molar-refractivity contribution in [3.8, 4) is 0 Å². The number of rotatable bonds is 8. The van der Waals surface area contributed by atoms with Crippen molar-refractivity contribution in [2.24, 2.45) is 0 Å². The lowest BCUT2D eigenvalue weighted by atomic mass is 10.1. The normalized spacial score (nSPS) is 14.6. The number of nitrogens with zero attached hydrogens (tertiary/aromatic N) is 2. The van der Waals surface area contributed by atoms with Crippen LogP contribution >= 0.6 is 11.8 Å². The Balaban J connectivity index is 1.77. The van der Waals surface area contributed by atoms with E-state index in [9.17, 15) is 9.59 Å². The highest BCUT2D eigenvalue weighted by Crippen LogP contribution is 2.16. The van der Waals surface area contributed by atoms with Crippen molar-refractivity contribution in [3.63, 3.8) is 0 Å². The number of carbonyl (C=O) groups is 2. The van der Waals surface area contributed by atoms with Gasteiger partial charge in [0.15, 0.2) is 0 Å². The Hall–Kier alpha value is -1.53. The average Bonchev–Trinajstić information content (AvgIpc) is 2.96. The molecular formula is C17H25N3O2S. The van der Waals surface area contributed by atoms with Crippen molar-refractivity contribution in [2.45, 2.75) is 26.9 Å². The second-order valence-electron chi connectivity index (χ2n) is 5.59. The second kappa shape index (κ2) is 8.93. The molecule has 1 aliphatic heterocycles. The Morgan fingerprint density at radius 2 is 1.87 bits per heavy atom. The first-order valence-electron chi connectivity index (χ1n) is 8.11. The van der Waals surface area contributed by atoms with Gasteiger partial charge < -0.3 is 10.2 Å². The lowest BCUT2D eigenvalue weighted by Gasteiger charge is -2.18. The maximum atomic E-state index is 11.9. The van der Waals surface area contributed by atoms with Gasteiger partial charge in [0, 0.05) is 25.4 Å². The van der Waals surface area contributed by atoms with Gasteiger partial charge in [0.1, 0.15) is 6.54 Å². The molecule has 2 amide bonds. The van der Waals surface area contributed by atoms with Crippen LogP contribution < -0.4 is 5.32 Å². The highest BCUT2D eigenvalue weighted by molar-refractivity contribution is 8.13. The molecule has 0 spiro atoms. The molecule has 1 aromatic rings. The maximum Gasteiger partial charge on any atom is 0.282 e. The Labute approximate surface area is 142 Å². The molecule has 0 aliphatic carbocycles. The zero-order chi connectivity index (χ0) is 16.7. The van der Waals surface area contributed by atoms with Gasteiger partial charge in [-0.25, -0.2) is 0 Å². The highest BCUT2D eigenvalue weighted by Gasteiger charge is 2.22. The lowest BCUT2D eigenvalue weighted by molar-refractivity contribution is -0.121. The zero-order valence-corrected chi connectivity index (χ0v) is 14.7. The van der Waals surface area contributed by atoms with Crippen molar-refractivity contribution < 1.29 is 9.59 Å². The van der Waals surface area contributed by atoms with E-state index >= 15 is 0 Å². The van der Waals surface area contributed by atoms with Gasteiger partial charge in [-0.1, -0.05) is 49.9 Å². The quantitative estimate of drug-likeness (QED) is 0.792. The molecule has 2 rings (SSSR count). The lowest BCUT2D eigenvalue weighted by Crippen LogP contribution is -2.36. The number of hydrogen-bond acceptors (Lipinski definition) is 4. The van der Waals surface area contributed by atoms with Crippen molar-refractivity contribution in [1.82, 2.24) is 15.1 Å². The van der Waals surface area contributed by atoms with Crippen LogP contribution in [0.1, 0.15) is 25.0 Å². The van der Waals surface area contributed by atoms with Gasteiger partial charge in [0.25, 0.3) is 5.24 Å².